The van der Waals surface area contributed by atoms with Gasteiger partial charge in [0.1, 0.15) is 5.69 Å². The molecule has 0 radical (unpaired) electrons. The van der Waals surface area contributed by atoms with Gasteiger partial charge in [0.15, 0.2) is 5.82 Å². The molecule has 8 heteroatoms. The normalized spacial score (nSPS) is 22.6. The fourth-order valence-corrected chi connectivity index (χ4v) is 4.76. The minimum absolute atomic E-state index is 0.00812. The highest BCUT2D eigenvalue weighted by atomic mass is 16.5. The largest absolute Gasteiger partial charge is 0.339 e. The van der Waals surface area contributed by atoms with Gasteiger partial charge in [0.25, 0.3) is 11.8 Å². The summed E-state index contributed by atoms with van der Waals surface area (Å²) in [5.74, 6) is 0.902. The van der Waals surface area contributed by atoms with Crippen LogP contribution in [-0.2, 0) is 5.41 Å². The van der Waals surface area contributed by atoms with Crippen LogP contribution in [0.1, 0.15) is 38.3 Å². The minimum atomic E-state index is -0.578. The number of benzene rings is 1. The number of hydrogen-bond acceptors (Lipinski definition) is 6. The molecule has 0 unspecified atom stereocenters. The average molecular weight is 417 g/mol. The summed E-state index contributed by atoms with van der Waals surface area (Å²) < 4.78 is 5.59. The van der Waals surface area contributed by atoms with Gasteiger partial charge in [0.2, 0.25) is 5.89 Å². The summed E-state index contributed by atoms with van der Waals surface area (Å²) in [5, 5.41) is 3.98. The van der Waals surface area contributed by atoms with E-state index in [1.165, 1.54) is 0 Å². The molecule has 0 spiro atoms. The molecule has 0 bridgehead atoms. The first kappa shape index (κ1) is 19.4. The Morgan fingerprint density at radius 1 is 0.935 bits per heavy atom. The van der Waals surface area contributed by atoms with Crippen molar-refractivity contribution < 1.29 is 14.1 Å². The summed E-state index contributed by atoms with van der Waals surface area (Å²) in [7, 11) is 0. The van der Waals surface area contributed by atoms with E-state index in [4.69, 9.17) is 4.52 Å². The van der Waals surface area contributed by atoms with Crippen LogP contribution in [0.4, 0.5) is 0 Å². The summed E-state index contributed by atoms with van der Waals surface area (Å²) in [4.78, 5) is 38.8. The van der Waals surface area contributed by atoms with Crippen molar-refractivity contribution in [3.8, 4) is 0 Å². The van der Waals surface area contributed by atoms with Gasteiger partial charge in [-0.15, -0.1) is 0 Å². The van der Waals surface area contributed by atoms with E-state index < -0.39 is 5.41 Å². The van der Waals surface area contributed by atoms with Gasteiger partial charge in [-0.25, -0.2) is 4.98 Å². The molecule has 4 heterocycles. The Hall–Kier alpha value is -3.55. The number of amides is 2. The summed E-state index contributed by atoms with van der Waals surface area (Å²) in [5.41, 5.74) is 1.29. The Labute approximate surface area is 179 Å². The number of hydrogen-bond donors (Lipinski definition) is 0. The Morgan fingerprint density at radius 3 is 2.29 bits per heavy atom. The topological polar surface area (TPSA) is 92.4 Å². The molecule has 2 aliphatic rings. The van der Waals surface area contributed by atoms with Crippen LogP contribution in [0.15, 0.2) is 53.1 Å². The second-order valence-corrected chi connectivity index (χ2v) is 8.40. The van der Waals surface area contributed by atoms with Crippen LogP contribution >= 0.6 is 0 Å². The van der Waals surface area contributed by atoms with E-state index in [1.54, 1.807) is 17.9 Å². The van der Waals surface area contributed by atoms with Crippen molar-refractivity contribution in [3.05, 3.63) is 77.2 Å². The number of carbonyl (C=O) groups excluding carboxylic acids is 2. The lowest BCUT2D eigenvalue weighted by Gasteiger charge is -2.26. The van der Waals surface area contributed by atoms with Crippen LogP contribution in [0.5, 0.6) is 0 Å². The lowest BCUT2D eigenvalue weighted by Crippen LogP contribution is -2.41. The monoisotopic (exact) mass is 417 g/mol. The van der Waals surface area contributed by atoms with E-state index in [1.807, 2.05) is 54.3 Å². The van der Waals surface area contributed by atoms with E-state index in [9.17, 15) is 9.59 Å². The summed E-state index contributed by atoms with van der Waals surface area (Å²) >= 11 is 0. The molecule has 0 N–H and O–H groups in total. The molecule has 2 fully saturated rings. The quantitative estimate of drug-likeness (QED) is 0.649. The molecule has 158 valence electrons. The molecule has 2 aromatic heterocycles. The molecule has 1 aromatic carbocycles. The van der Waals surface area contributed by atoms with Crippen molar-refractivity contribution in [3.63, 3.8) is 0 Å². The first-order valence-electron chi connectivity index (χ1n) is 10.3. The van der Waals surface area contributed by atoms with Gasteiger partial charge >= 0.3 is 0 Å². The second kappa shape index (κ2) is 7.30. The highest BCUT2D eigenvalue weighted by Gasteiger charge is 2.58. The Balaban J connectivity index is 1.45. The number of rotatable bonds is 3. The predicted octanol–water partition coefficient (Wildman–Crippen LogP) is 2.25. The molecular weight excluding hydrogens is 394 g/mol. The van der Waals surface area contributed by atoms with Crippen LogP contribution in [0.25, 0.3) is 0 Å². The fourth-order valence-electron chi connectivity index (χ4n) is 4.76. The number of carbonyl (C=O) groups is 2. The molecule has 2 amide bonds. The fraction of sp³-hybridized carbons (Fsp3) is 0.348. The van der Waals surface area contributed by atoms with Crippen molar-refractivity contribution in [2.75, 3.05) is 26.2 Å². The van der Waals surface area contributed by atoms with Crippen molar-refractivity contribution in [2.45, 2.75) is 19.3 Å². The van der Waals surface area contributed by atoms with Crippen LogP contribution in [-0.4, -0.2) is 62.9 Å². The van der Waals surface area contributed by atoms with Gasteiger partial charge < -0.3 is 14.3 Å². The van der Waals surface area contributed by atoms with Crippen LogP contribution in [0.2, 0.25) is 0 Å². The molecule has 5 rings (SSSR count). The maximum atomic E-state index is 13.2. The lowest BCUT2D eigenvalue weighted by atomic mass is 9.81. The number of likely N-dealkylation sites (tertiary alicyclic amines) is 2. The summed E-state index contributed by atoms with van der Waals surface area (Å²) in [6.07, 6.45) is 0. The zero-order chi connectivity index (χ0) is 21.6. The molecule has 8 nitrogen and oxygen atoms in total. The zero-order valence-electron chi connectivity index (χ0n) is 17.5. The molecular formula is C23H23N5O3. The standard InChI is InChI=1S/C23H23N5O3/c1-15-7-6-10-19(24-15)21(30)28-12-18-11-27(20(29)17-8-4-3-5-9-17)13-23(18,14-28)22-25-16(2)26-31-22/h3-10,18H,11-14H2,1-2H3/t18-,23-/m1/s1. The first-order valence-corrected chi connectivity index (χ1v) is 10.3. The van der Waals surface area contributed by atoms with E-state index in [2.05, 4.69) is 15.1 Å². The van der Waals surface area contributed by atoms with Crippen LogP contribution in [0.3, 0.4) is 0 Å². The van der Waals surface area contributed by atoms with Gasteiger partial charge in [-0.1, -0.05) is 29.4 Å². The molecule has 31 heavy (non-hydrogen) atoms. The third kappa shape index (κ3) is 3.28. The Bertz CT molecular complexity index is 1140. The molecule has 3 aromatic rings. The van der Waals surface area contributed by atoms with Crippen LogP contribution < -0.4 is 0 Å². The molecule has 2 aliphatic heterocycles. The van der Waals surface area contributed by atoms with E-state index in [0.29, 0.717) is 49.2 Å². The second-order valence-electron chi connectivity index (χ2n) is 8.40. The van der Waals surface area contributed by atoms with Gasteiger partial charge in [-0.2, -0.15) is 4.98 Å². The number of pyridine rings is 1. The third-order valence-corrected chi connectivity index (χ3v) is 6.27. The van der Waals surface area contributed by atoms with Gasteiger partial charge in [-0.05, 0) is 38.1 Å². The number of nitrogens with zero attached hydrogens (tertiary/aromatic N) is 5. The zero-order valence-corrected chi connectivity index (χ0v) is 17.5. The van der Waals surface area contributed by atoms with Crippen molar-refractivity contribution in [1.29, 1.82) is 0 Å². The molecule has 0 saturated carbocycles. The molecule has 0 aliphatic carbocycles. The number of aryl methyl sites for hydroxylation is 2. The van der Waals surface area contributed by atoms with E-state index in [0.717, 1.165) is 5.69 Å². The highest BCUT2D eigenvalue weighted by molar-refractivity contribution is 5.95. The summed E-state index contributed by atoms with van der Waals surface area (Å²) in [6.45, 7) is 5.51. The Morgan fingerprint density at radius 2 is 1.65 bits per heavy atom. The Kier molecular flexibility index (Phi) is 4.57. The summed E-state index contributed by atoms with van der Waals surface area (Å²) in [6, 6.07) is 14.7. The number of fused-ring (bicyclic) bond motifs is 1. The SMILES string of the molecule is Cc1cccc(C(=O)N2C[C@H]3CN(C(=O)c4ccccc4)C[C@@]3(c3nc(C)no3)C2)n1. The van der Waals surface area contributed by atoms with E-state index in [-0.39, 0.29) is 17.7 Å². The molecule has 2 saturated heterocycles. The third-order valence-electron chi connectivity index (χ3n) is 6.27. The lowest BCUT2D eigenvalue weighted by molar-refractivity contribution is 0.0724. The minimum Gasteiger partial charge on any atom is -0.339 e. The van der Waals surface area contributed by atoms with Gasteiger partial charge in [-0.3, -0.25) is 9.59 Å². The maximum absolute atomic E-state index is 13.2. The van der Waals surface area contributed by atoms with Gasteiger partial charge in [0, 0.05) is 43.4 Å². The molecule has 2 atom stereocenters. The van der Waals surface area contributed by atoms with Crippen LogP contribution in [0, 0.1) is 19.8 Å². The number of aromatic nitrogens is 3. The first-order chi connectivity index (χ1) is 15.0. The average Bonchev–Trinajstić information content (AvgIpc) is 3.46. The highest BCUT2D eigenvalue weighted by Crippen LogP contribution is 2.45. The predicted molar refractivity (Wildman–Crippen MR) is 111 cm³/mol. The van der Waals surface area contributed by atoms with Crippen molar-refractivity contribution in [2.24, 2.45) is 5.92 Å². The van der Waals surface area contributed by atoms with E-state index >= 15 is 0 Å². The van der Waals surface area contributed by atoms with Crippen molar-refractivity contribution in [1.82, 2.24) is 24.9 Å². The maximum Gasteiger partial charge on any atom is 0.272 e. The smallest absolute Gasteiger partial charge is 0.272 e. The van der Waals surface area contributed by atoms with Gasteiger partial charge in [0.05, 0.1) is 5.41 Å². The van der Waals surface area contributed by atoms with Crippen molar-refractivity contribution >= 4 is 11.8 Å².